The van der Waals surface area contributed by atoms with Gasteiger partial charge in [-0.2, -0.15) is 0 Å². The molecule has 31 heavy (non-hydrogen) atoms. The van der Waals surface area contributed by atoms with Crippen LogP contribution in [-0.4, -0.2) is 68.2 Å². The Labute approximate surface area is 181 Å². The van der Waals surface area contributed by atoms with Crippen LogP contribution in [0.25, 0.3) is 11.0 Å². The summed E-state index contributed by atoms with van der Waals surface area (Å²) >= 11 is 0. The summed E-state index contributed by atoms with van der Waals surface area (Å²) < 4.78 is 1.71. The minimum atomic E-state index is -0.429. The number of likely N-dealkylation sites (tertiary alicyclic amines) is 2. The topological polar surface area (TPSA) is 100 Å². The van der Waals surface area contributed by atoms with Crippen molar-refractivity contribution in [2.24, 2.45) is 7.05 Å². The van der Waals surface area contributed by atoms with Crippen LogP contribution in [0, 0.1) is 0 Å². The average Bonchev–Trinajstić information content (AvgIpc) is 3.53. The number of amides is 3. The molecule has 2 aliphatic rings. The third-order valence-corrected chi connectivity index (χ3v) is 6.26. The van der Waals surface area contributed by atoms with Crippen LogP contribution in [0.2, 0.25) is 0 Å². The zero-order chi connectivity index (χ0) is 21.8. The van der Waals surface area contributed by atoms with E-state index in [0.29, 0.717) is 38.8 Å². The Hall–Kier alpha value is -2.97. The van der Waals surface area contributed by atoms with Crippen molar-refractivity contribution >= 4 is 28.8 Å². The van der Waals surface area contributed by atoms with Gasteiger partial charge in [0.15, 0.2) is 0 Å². The highest BCUT2D eigenvalue weighted by molar-refractivity contribution is 5.88. The third-order valence-electron chi connectivity index (χ3n) is 6.26. The van der Waals surface area contributed by atoms with Crippen molar-refractivity contribution in [2.75, 3.05) is 19.6 Å². The molecule has 4 rings (SSSR count). The van der Waals surface area contributed by atoms with Crippen LogP contribution in [0.3, 0.4) is 0 Å². The van der Waals surface area contributed by atoms with E-state index in [0.717, 1.165) is 48.9 Å². The van der Waals surface area contributed by atoms with Gasteiger partial charge < -0.3 is 15.1 Å². The van der Waals surface area contributed by atoms with Crippen LogP contribution in [0.15, 0.2) is 18.2 Å². The Kier molecular flexibility index (Phi) is 6.48. The van der Waals surface area contributed by atoms with E-state index in [1.165, 1.54) is 0 Å². The van der Waals surface area contributed by atoms with Gasteiger partial charge in [0, 0.05) is 46.1 Å². The van der Waals surface area contributed by atoms with Crippen LogP contribution in [-0.2, 0) is 28.0 Å². The molecule has 1 aromatic heterocycles. The van der Waals surface area contributed by atoms with Crippen molar-refractivity contribution in [1.29, 1.82) is 0 Å². The minimum Gasteiger partial charge on any atom is -0.350 e. The molecular formula is C22H30N6O3. The van der Waals surface area contributed by atoms with Crippen LogP contribution in [0.1, 0.15) is 50.5 Å². The molecule has 2 fully saturated rings. The summed E-state index contributed by atoms with van der Waals surface area (Å²) in [5.41, 5.74) is 2.67. The normalized spacial score (nSPS) is 18.7. The molecule has 3 amide bonds. The number of benzene rings is 1. The number of aryl methyl sites for hydroxylation is 1. The fourth-order valence-electron chi connectivity index (χ4n) is 4.50. The molecule has 166 valence electrons. The van der Waals surface area contributed by atoms with Crippen LogP contribution in [0.4, 0.5) is 0 Å². The van der Waals surface area contributed by atoms with Crippen molar-refractivity contribution in [3.8, 4) is 0 Å². The first-order valence-corrected chi connectivity index (χ1v) is 11.2. The number of aromatic nitrogens is 3. The lowest BCUT2D eigenvalue weighted by Gasteiger charge is -2.24. The zero-order valence-electron chi connectivity index (χ0n) is 18.0. The Morgan fingerprint density at radius 3 is 2.65 bits per heavy atom. The second kappa shape index (κ2) is 9.45. The van der Waals surface area contributed by atoms with Crippen molar-refractivity contribution in [2.45, 2.75) is 57.5 Å². The predicted octanol–water partition coefficient (Wildman–Crippen LogP) is 1.37. The average molecular weight is 427 g/mol. The van der Waals surface area contributed by atoms with Gasteiger partial charge in [-0.25, -0.2) is 4.68 Å². The van der Waals surface area contributed by atoms with Gasteiger partial charge in [0.1, 0.15) is 11.6 Å². The Morgan fingerprint density at radius 2 is 1.84 bits per heavy atom. The molecule has 2 aromatic rings. The fourth-order valence-corrected chi connectivity index (χ4v) is 4.50. The van der Waals surface area contributed by atoms with Gasteiger partial charge in [-0.05, 0) is 49.8 Å². The smallest absolute Gasteiger partial charge is 0.243 e. The highest BCUT2D eigenvalue weighted by Crippen LogP contribution is 2.20. The Balaban J connectivity index is 1.26. The molecule has 0 saturated carbocycles. The highest BCUT2D eigenvalue weighted by atomic mass is 16.2. The molecule has 1 atom stereocenters. The van der Waals surface area contributed by atoms with Crippen LogP contribution < -0.4 is 5.32 Å². The number of hydrogen-bond acceptors (Lipinski definition) is 5. The van der Waals surface area contributed by atoms with Crippen LogP contribution >= 0.6 is 0 Å². The fraction of sp³-hybridized carbons (Fsp3) is 0.591. The highest BCUT2D eigenvalue weighted by Gasteiger charge is 2.33. The van der Waals surface area contributed by atoms with E-state index < -0.39 is 6.04 Å². The van der Waals surface area contributed by atoms with Gasteiger partial charge in [-0.3, -0.25) is 14.4 Å². The summed E-state index contributed by atoms with van der Waals surface area (Å²) in [6, 6.07) is 5.37. The second-order valence-electron chi connectivity index (χ2n) is 8.44. The van der Waals surface area contributed by atoms with E-state index >= 15 is 0 Å². The zero-order valence-corrected chi connectivity index (χ0v) is 18.0. The van der Waals surface area contributed by atoms with E-state index in [1.54, 1.807) is 9.58 Å². The van der Waals surface area contributed by atoms with Gasteiger partial charge in [0.05, 0.1) is 5.52 Å². The largest absolute Gasteiger partial charge is 0.350 e. The van der Waals surface area contributed by atoms with Crippen molar-refractivity contribution in [1.82, 2.24) is 30.1 Å². The number of fused-ring (bicyclic) bond motifs is 1. The van der Waals surface area contributed by atoms with E-state index in [4.69, 9.17) is 0 Å². The van der Waals surface area contributed by atoms with Gasteiger partial charge in [-0.1, -0.05) is 11.3 Å². The molecule has 2 aliphatic heterocycles. The van der Waals surface area contributed by atoms with Gasteiger partial charge in [0.2, 0.25) is 17.7 Å². The quantitative estimate of drug-likeness (QED) is 0.721. The van der Waals surface area contributed by atoms with Gasteiger partial charge >= 0.3 is 0 Å². The van der Waals surface area contributed by atoms with E-state index in [-0.39, 0.29) is 17.7 Å². The molecular weight excluding hydrogens is 396 g/mol. The molecule has 1 aromatic carbocycles. The summed E-state index contributed by atoms with van der Waals surface area (Å²) in [6.45, 7) is 2.66. The molecule has 0 aliphatic carbocycles. The van der Waals surface area contributed by atoms with Crippen molar-refractivity contribution in [3.63, 3.8) is 0 Å². The van der Waals surface area contributed by atoms with Crippen molar-refractivity contribution < 1.29 is 14.4 Å². The Bertz CT molecular complexity index is 965. The summed E-state index contributed by atoms with van der Waals surface area (Å²) in [5, 5.41) is 11.1. The summed E-state index contributed by atoms with van der Waals surface area (Å²) in [6.07, 6.45) is 4.89. The van der Waals surface area contributed by atoms with Gasteiger partial charge in [-0.15, -0.1) is 5.10 Å². The van der Waals surface area contributed by atoms with Gasteiger partial charge in [0.25, 0.3) is 0 Å². The number of hydrogen-bond donors (Lipinski definition) is 1. The lowest BCUT2D eigenvalue weighted by molar-refractivity contribution is -0.138. The molecule has 9 heteroatoms. The number of carbonyl (C=O) groups is 3. The van der Waals surface area contributed by atoms with Crippen LogP contribution in [0.5, 0.6) is 0 Å². The first kappa shape index (κ1) is 21.3. The molecule has 9 nitrogen and oxygen atoms in total. The third kappa shape index (κ3) is 4.86. The lowest BCUT2D eigenvalue weighted by Crippen LogP contribution is -2.45. The van der Waals surface area contributed by atoms with E-state index in [9.17, 15) is 14.4 Å². The van der Waals surface area contributed by atoms with E-state index in [1.807, 2.05) is 30.1 Å². The molecule has 3 heterocycles. The molecule has 2 saturated heterocycles. The predicted molar refractivity (Wildman–Crippen MR) is 115 cm³/mol. The number of rotatable bonds is 7. The maximum atomic E-state index is 12.8. The Morgan fingerprint density at radius 1 is 1.06 bits per heavy atom. The lowest BCUT2D eigenvalue weighted by atomic mass is 10.1. The maximum absolute atomic E-state index is 12.8. The van der Waals surface area contributed by atoms with Crippen molar-refractivity contribution in [3.05, 3.63) is 23.8 Å². The second-order valence-corrected chi connectivity index (χ2v) is 8.44. The summed E-state index contributed by atoms with van der Waals surface area (Å²) in [7, 11) is 1.84. The van der Waals surface area contributed by atoms with E-state index in [2.05, 4.69) is 15.6 Å². The monoisotopic (exact) mass is 426 g/mol. The molecule has 0 unspecified atom stereocenters. The molecule has 0 radical (unpaired) electrons. The maximum Gasteiger partial charge on any atom is 0.243 e. The number of carbonyl (C=O) groups excluding carboxylic acids is 3. The molecule has 0 spiro atoms. The number of nitrogens with zero attached hydrogens (tertiary/aromatic N) is 5. The number of nitrogens with one attached hydrogen (secondary N) is 1. The first-order chi connectivity index (χ1) is 15.0. The summed E-state index contributed by atoms with van der Waals surface area (Å²) in [5.74, 6) is -0.0211. The standard InChI is InChI=1S/C22H30N6O3/c1-26-18-10-9-16(14-17(18)24-25-26)15-23-22(31)19-6-5-13-28(19)21(30)8-4-7-20(29)27-11-2-3-12-27/h9-10,14,19H,2-8,11-13,15H2,1H3,(H,23,31)/t19-/m0/s1. The summed E-state index contributed by atoms with van der Waals surface area (Å²) in [4.78, 5) is 41.2. The minimum absolute atomic E-state index is 0.0344. The SMILES string of the molecule is Cn1nnc2cc(CNC(=O)[C@@H]3CCCN3C(=O)CCCC(=O)N3CCCC3)ccc21. The first-order valence-electron chi connectivity index (χ1n) is 11.2. The molecule has 1 N–H and O–H groups in total. The molecule has 0 bridgehead atoms.